The van der Waals surface area contributed by atoms with Crippen molar-refractivity contribution < 1.29 is 4.79 Å². The van der Waals surface area contributed by atoms with Crippen LogP contribution in [0.3, 0.4) is 0 Å². The third kappa shape index (κ3) is 4.13. The summed E-state index contributed by atoms with van der Waals surface area (Å²) in [5, 5.41) is 3.29. The number of carbonyl (C=O) groups excluding carboxylic acids is 1. The highest BCUT2D eigenvalue weighted by atomic mass is 79.9. The minimum Gasteiger partial charge on any atom is -0.347 e. The second-order valence-corrected chi connectivity index (χ2v) is 5.31. The molecule has 4 heteroatoms. The quantitative estimate of drug-likeness (QED) is 0.927. The summed E-state index contributed by atoms with van der Waals surface area (Å²) in [6, 6.07) is 8.09. The number of benzene rings is 1. The van der Waals surface area contributed by atoms with Gasteiger partial charge in [-0.2, -0.15) is 0 Å². The van der Waals surface area contributed by atoms with E-state index in [1.54, 1.807) is 19.0 Å². The fraction of sp³-hybridized carbons (Fsp3) is 0.462. The van der Waals surface area contributed by atoms with Crippen molar-refractivity contribution in [3.8, 4) is 0 Å². The third-order valence-electron chi connectivity index (χ3n) is 2.68. The van der Waals surface area contributed by atoms with Crippen molar-refractivity contribution in [1.82, 2.24) is 10.2 Å². The van der Waals surface area contributed by atoms with Crippen LogP contribution in [0.2, 0.25) is 0 Å². The first-order valence-corrected chi connectivity index (χ1v) is 6.43. The average Bonchev–Trinajstić information content (AvgIpc) is 2.28. The van der Waals surface area contributed by atoms with Crippen molar-refractivity contribution in [2.45, 2.75) is 25.9 Å². The Balaban J connectivity index is 2.63. The highest BCUT2D eigenvalue weighted by Gasteiger charge is 2.17. The van der Waals surface area contributed by atoms with Crippen LogP contribution in [0, 0.1) is 0 Å². The van der Waals surface area contributed by atoms with Crippen molar-refractivity contribution in [1.29, 1.82) is 0 Å². The van der Waals surface area contributed by atoms with Gasteiger partial charge in [-0.15, -0.1) is 0 Å². The van der Waals surface area contributed by atoms with E-state index >= 15 is 0 Å². The summed E-state index contributed by atoms with van der Waals surface area (Å²) >= 11 is 3.41. The van der Waals surface area contributed by atoms with Gasteiger partial charge in [0.2, 0.25) is 5.91 Å². The number of carbonyl (C=O) groups is 1. The molecule has 1 aromatic rings. The highest BCUT2D eigenvalue weighted by Crippen LogP contribution is 2.17. The van der Waals surface area contributed by atoms with Crippen LogP contribution in [-0.2, 0) is 4.79 Å². The van der Waals surface area contributed by atoms with Crippen LogP contribution in [0.25, 0.3) is 0 Å². The third-order valence-corrected chi connectivity index (χ3v) is 3.21. The Morgan fingerprint density at radius 1 is 1.24 bits per heavy atom. The minimum atomic E-state index is -0.177. The van der Waals surface area contributed by atoms with E-state index < -0.39 is 0 Å². The van der Waals surface area contributed by atoms with Gasteiger partial charge in [-0.05, 0) is 31.5 Å². The molecule has 1 N–H and O–H groups in total. The summed E-state index contributed by atoms with van der Waals surface area (Å²) in [6.45, 7) is 3.94. The minimum absolute atomic E-state index is 0.0916. The number of hydrogen-bond donors (Lipinski definition) is 1. The molecule has 1 amide bonds. The first-order valence-electron chi connectivity index (χ1n) is 5.64. The van der Waals surface area contributed by atoms with E-state index in [0.717, 1.165) is 4.47 Å². The zero-order chi connectivity index (χ0) is 13.0. The molecule has 0 saturated heterocycles. The summed E-state index contributed by atoms with van der Waals surface area (Å²) in [4.78, 5) is 13.3. The number of rotatable bonds is 4. The van der Waals surface area contributed by atoms with Crippen molar-refractivity contribution in [2.75, 3.05) is 14.1 Å². The molecule has 0 saturated carbocycles. The molecule has 1 unspecified atom stereocenters. The van der Waals surface area contributed by atoms with Gasteiger partial charge in [0, 0.05) is 24.6 Å². The van der Waals surface area contributed by atoms with Crippen LogP contribution in [0.4, 0.5) is 0 Å². The van der Waals surface area contributed by atoms with Crippen molar-refractivity contribution in [2.24, 2.45) is 0 Å². The molecule has 0 aliphatic heterocycles. The molecule has 0 spiro atoms. The van der Waals surface area contributed by atoms with Gasteiger partial charge in [0.05, 0.1) is 6.04 Å². The zero-order valence-electron chi connectivity index (χ0n) is 10.7. The maximum Gasteiger partial charge on any atom is 0.238 e. The molecule has 17 heavy (non-hydrogen) atoms. The molecule has 2 atom stereocenters. The van der Waals surface area contributed by atoms with Crippen molar-refractivity contribution >= 4 is 21.8 Å². The summed E-state index contributed by atoms with van der Waals surface area (Å²) in [5.74, 6) is 0.0916. The fourth-order valence-electron chi connectivity index (χ4n) is 1.68. The average molecular weight is 299 g/mol. The monoisotopic (exact) mass is 298 g/mol. The topological polar surface area (TPSA) is 32.3 Å². The van der Waals surface area contributed by atoms with Gasteiger partial charge in [0.1, 0.15) is 0 Å². The molecule has 0 aromatic heterocycles. The van der Waals surface area contributed by atoms with E-state index in [0.29, 0.717) is 0 Å². The van der Waals surface area contributed by atoms with Gasteiger partial charge in [-0.3, -0.25) is 10.1 Å². The van der Waals surface area contributed by atoms with E-state index in [1.807, 2.05) is 19.1 Å². The maximum atomic E-state index is 11.7. The molecule has 0 bridgehead atoms. The van der Waals surface area contributed by atoms with Crippen LogP contribution < -0.4 is 5.32 Å². The number of amides is 1. The van der Waals surface area contributed by atoms with E-state index in [-0.39, 0.29) is 18.0 Å². The van der Waals surface area contributed by atoms with E-state index in [9.17, 15) is 4.79 Å². The van der Waals surface area contributed by atoms with Crippen LogP contribution >= 0.6 is 15.9 Å². The lowest BCUT2D eigenvalue weighted by atomic mass is 10.1. The highest BCUT2D eigenvalue weighted by molar-refractivity contribution is 9.10. The van der Waals surface area contributed by atoms with Crippen molar-refractivity contribution in [3.63, 3.8) is 0 Å². The molecule has 1 rings (SSSR count). The standard InChI is InChI=1S/C13H19BrN2O/c1-9(11-5-7-12(14)8-6-11)15-10(2)13(17)16(3)4/h5-10,15H,1-4H3/t9-,10?/m0/s1. The molecule has 3 nitrogen and oxygen atoms in total. The molecule has 94 valence electrons. The molecule has 0 heterocycles. The molecule has 0 fully saturated rings. The summed E-state index contributed by atoms with van der Waals surface area (Å²) in [7, 11) is 3.54. The number of nitrogens with zero attached hydrogens (tertiary/aromatic N) is 1. The molecule has 0 aliphatic rings. The van der Waals surface area contributed by atoms with Crippen LogP contribution in [0.5, 0.6) is 0 Å². The molecule has 0 aliphatic carbocycles. The first kappa shape index (κ1) is 14.2. The zero-order valence-corrected chi connectivity index (χ0v) is 12.3. The summed E-state index contributed by atoms with van der Waals surface area (Å²) in [6.07, 6.45) is 0. The Labute approximate surface area is 111 Å². The first-order chi connectivity index (χ1) is 7.91. The maximum absolute atomic E-state index is 11.7. The lowest BCUT2D eigenvalue weighted by Crippen LogP contribution is -2.42. The van der Waals surface area contributed by atoms with Gasteiger partial charge in [-0.1, -0.05) is 28.1 Å². The van der Waals surface area contributed by atoms with E-state index in [1.165, 1.54) is 5.56 Å². The smallest absolute Gasteiger partial charge is 0.238 e. The van der Waals surface area contributed by atoms with Gasteiger partial charge in [0.15, 0.2) is 0 Å². The Kier molecular flexibility index (Phi) is 5.15. The SMILES string of the molecule is CC(N[C@@H](C)c1ccc(Br)cc1)C(=O)N(C)C. The number of hydrogen-bond acceptors (Lipinski definition) is 2. The Morgan fingerprint density at radius 3 is 2.24 bits per heavy atom. The molecular formula is C13H19BrN2O. The Morgan fingerprint density at radius 2 is 1.76 bits per heavy atom. The van der Waals surface area contributed by atoms with Crippen molar-refractivity contribution in [3.05, 3.63) is 34.3 Å². The lowest BCUT2D eigenvalue weighted by molar-refractivity contribution is -0.130. The van der Waals surface area contributed by atoms with Gasteiger partial charge >= 0.3 is 0 Å². The van der Waals surface area contributed by atoms with E-state index in [2.05, 4.69) is 40.3 Å². The number of nitrogens with one attached hydrogen (secondary N) is 1. The molecule has 0 radical (unpaired) electrons. The van der Waals surface area contributed by atoms with E-state index in [4.69, 9.17) is 0 Å². The Bertz CT molecular complexity index is 376. The van der Waals surface area contributed by atoms with Crippen LogP contribution in [-0.4, -0.2) is 30.9 Å². The van der Waals surface area contributed by atoms with Gasteiger partial charge in [0.25, 0.3) is 0 Å². The van der Waals surface area contributed by atoms with Crippen LogP contribution in [0.1, 0.15) is 25.5 Å². The fourth-order valence-corrected chi connectivity index (χ4v) is 1.95. The lowest BCUT2D eigenvalue weighted by Gasteiger charge is -2.22. The summed E-state index contributed by atoms with van der Waals surface area (Å²) in [5.41, 5.74) is 1.17. The number of likely N-dealkylation sites (N-methyl/N-ethyl adjacent to an activating group) is 1. The number of halogens is 1. The second-order valence-electron chi connectivity index (χ2n) is 4.39. The van der Waals surface area contributed by atoms with Gasteiger partial charge < -0.3 is 4.90 Å². The molecular weight excluding hydrogens is 280 g/mol. The van der Waals surface area contributed by atoms with Gasteiger partial charge in [-0.25, -0.2) is 0 Å². The predicted molar refractivity (Wildman–Crippen MR) is 73.8 cm³/mol. The van der Waals surface area contributed by atoms with Crippen LogP contribution in [0.15, 0.2) is 28.7 Å². The Hall–Kier alpha value is -0.870. The second kappa shape index (κ2) is 6.17. The molecule has 1 aromatic carbocycles. The normalized spacial score (nSPS) is 14.2. The predicted octanol–water partition coefficient (Wildman–Crippen LogP) is 2.58. The summed E-state index contributed by atoms with van der Waals surface area (Å²) < 4.78 is 1.06. The largest absolute Gasteiger partial charge is 0.347 e.